The van der Waals surface area contributed by atoms with E-state index in [0.717, 1.165) is 12.3 Å². The Morgan fingerprint density at radius 3 is 2.11 bits per heavy atom. The van der Waals surface area contributed by atoms with E-state index in [9.17, 15) is 26.3 Å². The number of hydrogen-bond acceptors (Lipinski definition) is 1. The van der Waals surface area contributed by atoms with E-state index in [1.165, 1.54) is 0 Å². The van der Waals surface area contributed by atoms with Crippen LogP contribution < -0.4 is 0 Å². The van der Waals surface area contributed by atoms with Gasteiger partial charge in [0.2, 0.25) is 0 Å². The van der Waals surface area contributed by atoms with Gasteiger partial charge < -0.3 is 4.74 Å². The van der Waals surface area contributed by atoms with Gasteiger partial charge in [0, 0.05) is 5.56 Å². The molecular weight excluding hydrogens is 262 g/mol. The molecule has 1 nitrogen and oxygen atoms in total. The van der Waals surface area contributed by atoms with E-state index in [-0.39, 0.29) is 11.6 Å². The summed E-state index contributed by atoms with van der Waals surface area (Å²) in [7, 11) is 0. The third-order valence-corrected chi connectivity index (χ3v) is 2.10. The molecule has 0 unspecified atom stereocenters. The van der Waals surface area contributed by atoms with Crippen molar-refractivity contribution < 1.29 is 31.1 Å². The van der Waals surface area contributed by atoms with Gasteiger partial charge in [-0.25, -0.2) is 0 Å². The predicted octanol–water partition coefficient (Wildman–Crippen LogP) is 4.38. The van der Waals surface area contributed by atoms with Crippen molar-refractivity contribution in [2.75, 3.05) is 0 Å². The molecule has 0 aliphatic rings. The topological polar surface area (TPSA) is 9.23 Å². The van der Waals surface area contributed by atoms with Crippen LogP contribution >= 0.6 is 0 Å². The lowest BCUT2D eigenvalue weighted by molar-refractivity contribution is -0.143. The monoisotopic (exact) mass is 270 g/mol. The number of ether oxygens (including phenoxy) is 1. The van der Waals surface area contributed by atoms with Gasteiger partial charge in [0.05, 0.1) is 17.4 Å². The van der Waals surface area contributed by atoms with E-state index in [0.29, 0.717) is 6.07 Å². The lowest BCUT2D eigenvalue weighted by Crippen LogP contribution is -2.13. The number of rotatable bonds is 3. The number of hydrogen-bond donors (Lipinski definition) is 0. The lowest BCUT2D eigenvalue weighted by atomic mass is 10.0. The Morgan fingerprint density at radius 1 is 1.06 bits per heavy atom. The summed E-state index contributed by atoms with van der Waals surface area (Å²) in [4.78, 5) is 0. The number of halogens is 6. The zero-order valence-corrected chi connectivity index (χ0v) is 8.90. The summed E-state index contributed by atoms with van der Waals surface area (Å²) in [5.74, 6) is 0. The van der Waals surface area contributed by atoms with Crippen LogP contribution in [0.3, 0.4) is 0 Å². The molecule has 18 heavy (non-hydrogen) atoms. The zero-order valence-electron chi connectivity index (χ0n) is 8.90. The Bertz CT molecular complexity index is 432. The van der Waals surface area contributed by atoms with Crippen LogP contribution in [-0.4, -0.2) is 0 Å². The average Bonchev–Trinajstić information content (AvgIpc) is 2.23. The molecule has 0 atom stereocenters. The maximum Gasteiger partial charge on any atom is 0.416 e. The molecule has 0 heterocycles. The molecule has 0 bridgehead atoms. The van der Waals surface area contributed by atoms with E-state index in [1.807, 2.05) is 0 Å². The second kappa shape index (κ2) is 4.91. The second-order valence-corrected chi connectivity index (χ2v) is 3.35. The first kappa shape index (κ1) is 14.4. The van der Waals surface area contributed by atoms with Gasteiger partial charge in [0.1, 0.15) is 6.61 Å². The molecule has 0 amide bonds. The van der Waals surface area contributed by atoms with E-state index in [2.05, 4.69) is 11.3 Å². The predicted molar refractivity (Wildman–Crippen MR) is 51.4 cm³/mol. The van der Waals surface area contributed by atoms with Crippen LogP contribution in [-0.2, 0) is 23.7 Å². The van der Waals surface area contributed by atoms with Crippen molar-refractivity contribution in [2.45, 2.75) is 19.0 Å². The quantitative estimate of drug-likeness (QED) is 0.585. The summed E-state index contributed by atoms with van der Waals surface area (Å²) in [5, 5.41) is 0. The summed E-state index contributed by atoms with van der Waals surface area (Å²) in [6.45, 7) is 2.65. The van der Waals surface area contributed by atoms with Crippen LogP contribution in [0.15, 0.2) is 31.0 Å². The summed E-state index contributed by atoms with van der Waals surface area (Å²) < 4.78 is 79.3. The summed E-state index contributed by atoms with van der Waals surface area (Å²) in [5.41, 5.74) is -3.09. The van der Waals surface area contributed by atoms with E-state index >= 15 is 0 Å². The second-order valence-electron chi connectivity index (χ2n) is 3.35. The Morgan fingerprint density at radius 2 is 1.67 bits per heavy atom. The molecule has 0 aliphatic heterocycles. The van der Waals surface area contributed by atoms with Crippen molar-refractivity contribution in [3.05, 3.63) is 47.7 Å². The minimum Gasteiger partial charge on any atom is -0.497 e. The van der Waals surface area contributed by atoms with Crippen LogP contribution in [0, 0.1) is 0 Å². The highest BCUT2D eigenvalue weighted by molar-refractivity contribution is 5.35. The average molecular weight is 270 g/mol. The highest BCUT2D eigenvalue weighted by atomic mass is 19.4. The summed E-state index contributed by atoms with van der Waals surface area (Å²) in [6, 6.07) is 1.40. The maximum atomic E-state index is 12.6. The molecule has 0 N–H and O–H groups in total. The first-order chi connectivity index (χ1) is 8.16. The molecule has 0 aliphatic carbocycles. The van der Waals surface area contributed by atoms with Crippen LogP contribution in [0.1, 0.15) is 16.7 Å². The Hall–Kier alpha value is -1.66. The highest BCUT2D eigenvalue weighted by Crippen LogP contribution is 2.37. The van der Waals surface area contributed by atoms with Gasteiger partial charge in [0.15, 0.2) is 0 Å². The van der Waals surface area contributed by atoms with Crippen molar-refractivity contribution in [1.29, 1.82) is 0 Å². The van der Waals surface area contributed by atoms with Gasteiger partial charge in [0.25, 0.3) is 0 Å². The molecule has 0 radical (unpaired) electrons. The van der Waals surface area contributed by atoms with Crippen LogP contribution in [0.2, 0.25) is 0 Å². The number of benzene rings is 1. The third-order valence-electron chi connectivity index (χ3n) is 2.10. The third kappa shape index (κ3) is 3.41. The van der Waals surface area contributed by atoms with Crippen molar-refractivity contribution in [1.82, 2.24) is 0 Å². The molecule has 1 aromatic rings. The number of alkyl halides is 6. The van der Waals surface area contributed by atoms with Gasteiger partial charge in [-0.15, -0.1) is 0 Å². The van der Waals surface area contributed by atoms with E-state index in [4.69, 9.17) is 0 Å². The molecule has 0 saturated heterocycles. The molecule has 0 spiro atoms. The van der Waals surface area contributed by atoms with Gasteiger partial charge >= 0.3 is 12.4 Å². The SMILES string of the molecule is C=COCc1ccc(C(F)(F)F)cc1C(F)(F)F. The Balaban J connectivity index is 3.25. The standard InChI is InChI=1S/C11H8F6O/c1-2-18-6-7-3-4-8(10(12,13)14)5-9(7)11(15,16)17/h2-5H,1,6H2. The summed E-state index contributed by atoms with van der Waals surface area (Å²) >= 11 is 0. The first-order valence-electron chi connectivity index (χ1n) is 4.66. The Labute approximate surface area is 98.7 Å². The molecular formula is C11H8F6O. The maximum absolute atomic E-state index is 12.6. The normalized spacial score (nSPS) is 12.3. The highest BCUT2D eigenvalue weighted by Gasteiger charge is 2.38. The minimum absolute atomic E-state index is 0.0712. The van der Waals surface area contributed by atoms with Crippen LogP contribution in [0.25, 0.3) is 0 Å². The van der Waals surface area contributed by atoms with Gasteiger partial charge in [-0.05, 0) is 12.1 Å². The fourth-order valence-electron chi connectivity index (χ4n) is 1.29. The van der Waals surface area contributed by atoms with E-state index < -0.39 is 30.1 Å². The van der Waals surface area contributed by atoms with Crippen molar-refractivity contribution in [2.24, 2.45) is 0 Å². The lowest BCUT2D eigenvalue weighted by Gasteiger charge is -2.15. The first-order valence-corrected chi connectivity index (χ1v) is 4.66. The molecule has 0 saturated carbocycles. The Kier molecular flexibility index (Phi) is 3.93. The van der Waals surface area contributed by atoms with Crippen molar-refractivity contribution >= 4 is 0 Å². The summed E-state index contributed by atoms with van der Waals surface area (Å²) in [6.07, 6.45) is -8.78. The van der Waals surface area contributed by atoms with Crippen LogP contribution in [0.4, 0.5) is 26.3 Å². The van der Waals surface area contributed by atoms with Crippen LogP contribution in [0.5, 0.6) is 0 Å². The smallest absolute Gasteiger partial charge is 0.416 e. The fourth-order valence-corrected chi connectivity index (χ4v) is 1.29. The molecule has 7 heteroatoms. The molecule has 1 rings (SSSR count). The zero-order chi connectivity index (χ0) is 14.0. The van der Waals surface area contributed by atoms with Gasteiger partial charge in [-0.3, -0.25) is 0 Å². The van der Waals surface area contributed by atoms with Crippen molar-refractivity contribution in [3.8, 4) is 0 Å². The molecule has 0 fully saturated rings. The van der Waals surface area contributed by atoms with E-state index in [1.54, 1.807) is 0 Å². The van der Waals surface area contributed by atoms with Gasteiger partial charge in [-0.1, -0.05) is 12.6 Å². The molecule has 0 aromatic heterocycles. The fraction of sp³-hybridized carbons (Fsp3) is 0.273. The molecule has 1 aromatic carbocycles. The minimum atomic E-state index is -4.87. The molecule has 100 valence electrons. The van der Waals surface area contributed by atoms with Gasteiger partial charge in [-0.2, -0.15) is 26.3 Å². The van der Waals surface area contributed by atoms with Crippen molar-refractivity contribution in [3.63, 3.8) is 0 Å². The largest absolute Gasteiger partial charge is 0.497 e.